The average molecular weight is 380 g/mol. The second-order valence-corrected chi connectivity index (χ2v) is 5.85. The molecule has 1 aromatic heterocycles. The van der Waals surface area contributed by atoms with E-state index in [2.05, 4.69) is 10.1 Å². The first kappa shape index (κ1) is 18.8. The lowest BCUT2D eigenvalue weighted by molar-refractivity contribution is -0.384. The van der Waals surface area contributed by atoms with Crippen LogP contribution in [0.1, 0.15) is 38.1 Å². The van der Waals surface area contributed by atoms with Crippen LogP contribution in [0.25, 0.3) is 0 Å². The monoisotopic (exact) mass is 380 g/mol. The fourth-order valence-corrected chi connectivity index (χ4v) is 2.72. The maximum atomic E-state index is 12.8. The Bertz CT molecular complexity index is 999. The van der Waals surface area contributed by atoms with Crippen LogP contribution in [0.15, 0.2) is 71.3 Å². The van der Waals surface area contributed by atoms with E-state index in [1.54, 1.807) is 12.1 Å². The predicted octanol–water partition coefficient (Wildman–Crippen LogP) is 3.49. The number of non-ortho nitro benzene ring substituents is 1. The van der Waals surface area contributed by atoms with Gasteiger partial charge in [-0.25, -0.2) is 4.79 Å². The van der Waals surface area contributed by atoms with Crippen molar-refractivity contribution in [3.8, 4) is 0 Å². The van der Waals surface area contributed by atoms with Crippen molar-refractivity contribution in [3.05, 3.63) is 99.5 Å². The molecule has 0 fully saturated rings. The number of esters is 1. The molecule has 0 saturated carbocycles. The molecule has 3 rings (SSSR count). The Morgan fingerprint density at radius 3 is 2.39 bits per heavy atom. The quantitative estimate of drug-likeness (QED) is 0.398. The Morgan fingerprint density at radius 1 is 1.07 bits per heavy atom. The summed E-state index contributed by atoms with van der Waals surface area (Å²) in [6.45, 7) is 0. The van der Waals surface area contributed by atoms with E-state index in [0.29, 0.717) is 5.76 Å². The number of benzene rings is 2. The van der Waals surface area contributed by atoms with Crippen molar-refractivity contribution in [2.45, 2.75) is 6.04 Å². The highest BCUT2D eigenvalue weighted by atomic mass is 16.6. The molecule has 1 heterocycles. The van der Waals surface area contributed by atoms with E-state index in [-0.39, 0.29) is 16.8 Å². The molecule has 3 aromatic rings. The number of carbonyl (C=O) groups is 2. The lowest BCUT2D eigenvalue weighted by Crippen LogP contribution is -2.29. The number of methoxy groups -OCH3 is 1. The van der Waals surface area contributed by atoms with E-state index >= 15 is 0 Å². The summed E-state index contributed by atoms with van der Waals surface area (Å²) in [5.41, 5.74) is 0.255. The molecule has 0 spiro atoms. The first-order chi connectivity index (χ1) is 13.5. The van der Waals surface area contributed by atoms with E-state index in [4.69, 9.17) is 4.42 Å². The minimum atomic E-state index is -0.775. The van der Waals surface area contributed by atoms with Crippen LogP contribution in [0.2, 0.25) is 0 Å². The molecule has 1 N–H and O–H groups in total. The van der Waals surface area contributed by atoms with Gasteiger partial charge in [-0.15, -0.1) is 0 Å². The number of ether oxygens (including phenoxy) is 1. The van der Waals surface area contributed by atoms with Crippen LogP contribution in [0, 0.1) is 10.1 Å². The summed E-state index contributed by atoms with van der Waals surface area (Å²) < 4.78 is 10.0. The van der Waals surface area contributed by atoms with Crippen molar-refractivity contribution in [1.82, 2.24) is 5.32 Å². The first-order valence-corrected chi connectivity index (χ1v) is 8.26. The Hall–Kier alpha value is -3.94. The van der Waals surface area contributed by atoms with Gasteiger partial charge in [0.2, 0.25) is 0 Å². The van der Waals surface area contributed by atoms with Crippen LogP contribution in [0.3, 0.4) is 0 Å². The highest BCUT2D eigenvalue weighted by Gasteiger charge is 2.23. The van der Waals surface area contributed by atoms with E-state index in [1.807, 2.05) is 30.3 Å². The number of nitro groups is 1. The van der Waals surface area contributed by atoms with Crippen LogP contribution < -0.4 is 5.32 Å². The van der Waals surface area contributed by atoms with Crippen molar-refractivity contribution in [1.29, 1.82) is 0 Å². The van der Waals surface area contributed by atoms with Gasteiger partial charge in [0.1, 0.15) is 11.8 Å². The minimum Gasteiger partial charge on any atom is -0.467 e. The second-order valence-electron chi connectivity index (χ2n) is 5.85. The van der Waals surface area contributed by atoms with Crippen molar-refractivity contribution in [2.24, 2.45) is 0 Å². The van der Waals surface area contributed by atoms with Gasteiger partial charge in [-0.2, -0.15) is 0 Å². The van der Waals surface area contributed by atoms with Gasteiger partial charge in [-0.3, -0.25) is 14.9 Å². The lowest BCUT2D eigenvalue weighted by atomic mass is 10.0. The van der Waals surface area contributed by atoms with Crippen LogP contribution in [0.5, 0.6) is 0 Å². The molecule has 28 heavy (non-hydrogen) atoms. The van der Waals surface area contributed by atoms with Gasteiger partial charge in [-0.1, -0.05) is 30.3 Å². The molecule has 0 aliphatic heterocycles. The standard InChI is InChI=1S/C20H16N2O6/c1-27-20(24)15-10-14(11-16(12-15)22(25)26)19(23)21-18(17-8-5-9-28-17)13-6-3-2-4-7-13/h2-12,18H,1H3,(H,21,23). The summed E-state index contributed by atoms with van der Waals surface area (Å²) in [6.07, 6.45) is 1.49. The molecule has 8 heteroatoms. The first-order valence-electron chi connectivity index (χ1n) is 8.26. The van der Waals surface area contributed by atoms with Crippen LogP contribution in [-0.2, 0) is 4.74 Å². The number of nitrogens with zero attached hydrogens (tertiary/aromatic N) is 1. The van der Waals surface area contributed by atoms with Gasteiger partial charge in [0.25, 0.3) is 11.6 Å². The third kappa shape index (κ3) is 4.07. The highest BCUT2D eigenvalue weighted by molar-refractivity contribution is 5.99. The Labute approximate surface area is 159 Å². The lowest BCUT2D eigenvalue weighted by Gasteiger charge is -2.17. The van der Waals surface area contributed by atoms with Gasteiger partial charge >= 0.3 is 5.97 Å². The Morgan fingerprint density at radius 2 is 1.79 bits per heavy atom. The molecular weight excluding hydrogens is 364 g/mol. The van der Waals surface area contributed by atoms with E-state index in [9.17, 15) is 19.7 Å². The summed E-state index contributed by atoms with van der Waals surface area (Å²) in [5.74, 6) is -0.874. The molecule has 2 aromatic carbocycles. The highest BCUT2D eigenvalue weighted by Crippen LogP contribution is 2.24. The van der Waals surface area contributed by atoms with Crippen molar-refractivity contribution < 1.29 is 23.7 Å². The zero-order valence-electron chi connectivity index (χ0n) is 14.8. The fourth-order valence-electron chi connectivity index (χ4n) is 2.72. The Balaban J connectivity index is 1.97. The average Bonchev–Trinajstić information content (AvgIpc) is 3.26. The van der Waals surface area contributed by atoms with E-state index < -0.39 is 22.8 Å². The number of carbonyl (C=O) groups excluding carboxylic acids is 2. The van der Waals surface area contributed by atoms with Crippen molar-refractivity contribution >= 4 is 17.6 Å². The number of rotatable bonds is 6. The van der Waals surface area contributed by atoms with Gasteiger partial charge in [0.15, 0.2) is 0 Å². The fraction of sp³-hybridized carbons (Fsp3) is 0.100. The zero-order valence-corrected chi connectivity index (χ0v) is 14.8. The number of hydrogen-bond donors (Lipinski definition) is 1. The number of hydrogen-bond acceptors (Lipinski definition) is 6. The molecule has 0 bridgehead atoms. The smallest absolute Gasteiger partial charge is 0.338 e. The summed E-state index contributed by atoms with van der Waals surface area (Å²) in [5, 5.41) is 14.0. The number of amides is 1. The van der Waals surface area contributed by atoms with Crippen molar-refractivity contribution in [2.75, 3.05) is 7.11 Å². The van der Waals surface area contributed by atoms with Crippen LogP contribution in [0.4, 0.5) is 5.69 Å². The van der Waals surface area contributed by atoms with Gasteiger partial charge < -0.3 is 14.5 Å². The van der Waals surface area contributed by atoms with Crippen molar-refractivity contribution in [3.63, 3.8) is 0 Å². The summed E-state index contributed by atoms with van der Waals surface area (Å²) in [7, 11) is 1.16. The molecule has 1 unspecified atom stereocenters. The summed E-state index contributed by atoms with van der Waals surface area (Å²) in [4.78, 5) is 35.1. The maximum absolute atomic E-state index is 12.8. The normalized spacial score (nSPS) is 11.5. The van der Waals surface area contributed by atoms with Gasteiger partial charge in [-0.05, 0) is 23.8 Å². The Kier molecular flexibility index (Phi) is 5.50. The third-order valence-corrected chi connectivity index (χ3v) is 4.05. The van der Waals surface area contributed by atoms with E-state index in [0.717, 1.165) is 24.8 Å². The van der Waals surface area contributed by atoms with Gasteiger partial charge in [0, 0.05) is 17.7 Å². The molecule has 1 amide bonds. The number of furan rings is 1. The SMILES string of the molecule is COC(=O)c1cc(C(=O)NC(c2ccccc2)c2ccco2)cc([N+](=O)[O-])c1. The molecule has 142 valence electrons. The molecule has 1 atom stereocenters. The summed E-state index contributed by atoms with van der Waals surface area (Å²) in [6, 6.07) is 15.3. The zero-order chi connectivity index (χ0) is 20.1. The third-order valence-electron chi connectivity index (χ3n) is 4.05. The van der Waals surface area contributed by atoms with Crippen LogP contribution >= 0.6 is 0 Å². The molecule has 0 aliphatic rings. The minimum absolute atomic E-state index is 0.0397. The number of nitrogens with one attached hydrogen (secondary N) is 1. The second kappa shape index (κ2) is 8.17. The molecule has 0 aliphatic carbocycles. The van der Waals surface area contributed by atoms with Crippen LogP contribution in [-0.4, -0.2) is 23.9 Å². The van der Waals surface area contributed by atoms with Gasteiger partial charge in [0.05, 0.1) is 23.9 Å². The summed E-state index contributed by atoms with van der Waals surface area (Å²) >= 11 is 0. The topological polar surface area (TPSA) is 112 Å². The molecule has 8 nitrogen and oxygen atoms in total. The molecule has 0 radical (unpaired) electrons. The number of nitro benzene ring substituents is 1. The van der Waals surface area contributed by atoms with E-state index in [1.165, 1.54) is 12.3 Å². The maximum Gasteiger partial charge on any atom is 0.338 e. The largest absolute Gasteiger partial charge is 0.467 e. The predicted molar refractivity (Wildman–Crippen MR) is 98.9 cm³/mol. The molecule has 0 saturated heterocycles. The molecular formula is C20H16N2O6.